The zero-order valence-electron chi connectivity index (χ0n) is 13.4. The molecule has 0 aromatic carbocycles. The number of rotatable bonds is 10. The molecule has 3 nitrogen and oxygen atoms in total. The van der Waals surface area contributed by atoms with Crippen molar-refractivity contribution in [3.63, 3.8) is 0 Å². The van der Waals surface area contributed by atoms with Crippen LogP contribution in [0.2, 0.25) is 0 Å². The third kappa shape index (κ3) is 9.86. The number of hydrogen-bond donors (Lipinski definition) is 1. The first-order valence-electron chi connectivity index (χ1n) is 7.11. The first-order valence-corrected chi connectivity index (χ1v) is 7.11. The van der Waals surface area contributed by atoms with Crippen LogP contribution in [0, 0.1) is 5.92 Å². The van der Waals surface area contributed by atoms with E-state index in [1.54, 1.807) is 0 Å². The van der Waals surface area contributed by atoms with Gasteiger partial charge in [0.2, 0.25) is 0 Å². The molecule has 0 aromatic heterocycles. The summed E-state index contributed by atoms with van der Waals surface area (Å²) >= 11 is 0. The summed E-state index contributed by atoms with van der Waals surface area (Å²) in [4.78, 5) is 0. The van der Waals surface area contributed by atoms with E-state index in [-0.39, 0.29) is 11.2 Å². The highest BCUT2D eigenvalue weighted by molar-refractivity contribution is 4.73. The van der Waals surface area contributed by atoms with E-state index in [2.05, 4.69) is 46.9 Å². The highest BCUT2D eigenvalue weighted by Crippen LogP contribution is 2.18. The number of nitrogens with one attached hydrogen (secondary N) is 1. The molecule has 0 radical (unpaired) electrons. The van der Waals surface area contributed by atoms with Crippen molar-refractivity contribution in [3.8, 4) is 0 Å². The van der Waals surface area contributed by atoms with Crippen molar-refractivity contribution in [2.75, 3.05) is 26.8 Å². The van der Waals surface area contributed by atoms with Crippen LogP contribution in [0.3, 0.4) is 0 Å². The van der Waals surface area contributed by atoms with E-state index in [0.717, 1.165) is 32.6 Å². The van der Waals surface area contributed by atoms with E-state index in [9.17, 15) is 0 Å². The molecule has 0 amide bonds. The molecule has 0 unspecified atom stereocenters. The second kappa shape index (κ2) is 8.13. The highest BCUT2D eigenvalue weighted by Gasteiger charge is 2.22. The molecule has 0 atom stereocenters. The minimum atomic E-state index is -0.108. The zero-order valence-corrected chi connectivity index (χ0v) is 13.4. The first-order chi connectivity index (χ1) is 8.18. The van der Waals surface area contributed by atoms with Crippen molar-refractivity contribution in [2.45, 2.75) is 65.6 Å². The van der Waals surface area contributed by atoms with Gasteiger partial charge in [0.25, 0.3) is 0 Å². The fourth-order valence-corrected chi connectivity index (χ4v) is 1.69. The van der Waals surface area contributed by atoms with Gasteiger partial charge in [-0.15, -0.1) is 0 Å². The van der Waals surface area contributed by atoms with Gasteiger partial charge in [0, 0.05) is 13.2 Å². The van der Waals surface area contributed by atoms with Crippen LogP contribution in [0.15, 0.2) is 0 Å². The molecule has 0 aromatic rings. The Morgan fingerprint density at radius 1 is 0.944 bits per heavy atom. The summed E-state index contributed by atoms with van der Waals surface area (Å²) < 4.78 is 11.8. The summed E-state index contributed by atoms with van der Waals surface area (Å²) in [5.74, 6) is 0.701. The molecule has 0 fully saturated rings. The maximum atomic E-state index is 5.92. The molecule has 0 heterocycles. The van der Waals surface area contributed by atoms with Crippen LogP contribution in [0.5, 0.6) is 0 Å². The maximum Gasteiger partial charge on any atom is 0.0750 e. The largest absolute Gasteiger partial charge is 0.375 e. The molecule has 0 spiro atoms. The Hall–Kier alpha value is -0.120. The molecule has 0 aliphatic carbocycles. The Morgan fingerprint density at radius 3 is 2.00 bits per heavy atom. The fraction of sp³-hybridized carbons (Fsp3) is 1.00. The van der Waals surface area contributed by atoms with E-state index >= 15 is 0 Å². The molecule has 18 heavy (non-hydrogen) atoms. The Balaban J connectivity index is 3.82. The Kier molecular flexibility index (Phi) is 8.08. The normalized spacial score (nSPS) is 13.3. The fourth-order valence-electron chi connectivity index (χ4n) is 1.69. The van der Waals surface area contributed by atoms with Crippen molar-refractivity contribution >= 4 is 0 Å². The lowest BCUT2D eigenvalue weighted by atomic mass is 10.0. The summed E-state index contributed by atoms with van der Waals surface area (Å²) in [5.41, 5.74) is -0.201. The van der Waals surface area contributed by atoms with Crippen molar-refractivity contribution in [1.82, 2.24) is 5.32 Å². The van der Waals surface area contributed by atoms with Gasteiger partial charge in [0.05, 0.1) is 17.8 Å². The van der Waals surface area contributed by atoms with E-state index < -0.39 is 0 Å². The van der Waals surface area contributed by atoms with Gasteiger partial charge >= 0.3 is 0 Å². The maximum absolute atomic E-state index is 5.92. The average Bonchev–Trinajstić information content (AvgIpc) is 2.15. The Morgan fingerprint density at radius 2 is 1.50 bits per heavy atom. The SMILES string of the molecule is CNCC(C)(C)OCCC(C)(C)OCCC(C)C. The third-order valence-electron chi connectivity index (χ3n) is 2.99. The standard InChI is InChI=1S/C15H33NO2/c1-13(2)8-10-17-14(3,4)9-11-18-15(5,6)12-16-7/h13,16H,8-12H2,1-7H3. The first kappa shape index (κ1) is 17.9. The summed E-state index contributed by atoms with van der Waals surface area (Å²) in [6, 6.07) is 0. The second-order valence-electron chi connectivity index (χ2n) is 6.68. The molecule has 0 aliphatic rings. The number of ether oxygens (including phenoxy) is 2. The van der Waals surface area contributed by atoms with Crippen LogP contribution >= 0.6 is 0 Å². The number of likely N-dealkylation sites (N-methyl/N-ethyl adjacent to an activating group) is 1. The van der Waals surface area contributed by atoms with Crippen LogP contribution in [-0.2, 0) is 9.47 Å². The van der Waals surface area contributed by atoms with Crippen molar-refractivity contribution < 1.29 is 9.47 Å². The molecule has 0 aliphatic heterocycles. The van der Waals surface area contributed by atoms with Gasteiger partial charge in [-0.05, 0) is 53.5 Å². The molecule has 3 heteroatoms. The lowest BCUT2D eigenvalue weighted by Crippen LogP contribution is -2.37. The lowest BCUT2D eigenvalue weighted by Gasteiger charge is -2.29. The number of hydrogen-bond acceptors (Lipinski definition) is 3. The van der Waals surface area contributed by atoms with E-state index in [4.69, 9.17) is 9.47 Å². The van der Waals surface area contributed by atoms with Crippen LogP contribution in [0.4, 0.5) is 0 Å². The van der Waals surface area contributed by atoms with Gasteiger partial charge in [0.1, 0.15) is 0 Å². The molecule has 110 valence electrons. The summed E-state index contributed by atoms with van der Waals surface area (Å²) in [6.45, 7) is 15.4. The third-order valence-corrected chi connectivity index (χ3v) is 2.99. The van der Waals surface area contributed by atoms with Crippen molar-refractivity contribution in [1.29, 1.82) is 0 Å². The highest BCUT2D eigenvalue weighted by atomic mass is 16.5. The summed E-state index contributed by atoms with van der Waals surface area (Å²) in [6.07, 6.45) is 2.05. The van der Waals surface area contributed by atoms with Crippen LogP contribution in [-0.4, -0.2) is 38.0 Å². The van der Waals surface area contributed by atoms with Crippen molar-refractivity contribution in [3.05, 3.63) is 0 Å². The summed E-state index contributed by atoms with van der Waals surface area (Å²) in [7, 11) is 1.95. The molecule has 0 bridgehead atoms. The molecule has 0 rings (SSSR count). The van der Waals surface area contributed by atoms with Crippen LogP contribution in [0.1, 0.15) is 54.4 Å². The topological polar surface area (TPSA) is 30.5 Å². The van der Waals surface area contributed by atoms with Crippen molar-refractivity contribution in [2.24, 2.45) is 5.92 Å². The smallest absolute Gasteiger partial charge is 0.0750 e. The minimum Gasteiger partial charge on any atom is -0.375 e. The lowest BCUT2D eigenvalue weighted by molar-refractivity contribution is -0.0725. The quantitative estimate of drug-likeness (QED) is 0.653. The second-order valence-corrected chi connectivity index (χ2v) is 6.68. The Labute approximate surface area is 114 Å². The molecular formula is C15H33NO2. The van der Waals surface area contributed by atoms with Gasteiger partial charge in [-0.2, -0.15) is 0 Å². The van der Waals surface area contributed by atoms with E-state index in [1.807, 2.05) is 7.05 Å². The van der Waals surface area contributed by atoms with Gasteiger partial charge in [0.15, 0.2) is 0 Å². The zero-order chi connectivity index (χ0) is 14.2. The van der Waals surface area contributed by atoms with Gasteiger partial charge in [-0.3, -0.25) is 0 Å². The molecule has 1 N–H and O–H groups in total. The predicted octanol–water partition coefficient (Wildman–Crippen LogP) is 3.23. The molecular weight excluding hydrogens is 226 g/mol. The average molecular weight is 259 g/mol. The van der Waals surface area contributed by atoms with Gasteiger partial charge in [-0.25, -0.2) is 0 Å². The molecule has 0 saturated carbocycles. The molecule has 0 saturated heterocycles. The van der Waals surface area contributed by atoms with Gasteiger partial charge in [-0.1, -0.05) is 13.8 Å². The summed E-state index contributed by atoms with van der Waals surface area (Å²) in [5, 5.41) is 3.15. The van der Waals surface area contributed by atoms with Crippen LogP contribution in [0.25, 0.3) is 0 Å². The van der Waals surface area contributed by atoms with Gasteiger partial charge < -0.3 is 14.8 Å². The predicted molar refractivity (Wildman–Crippen MR) is 78.1 cm³/mol. The Bertz CT molecular complexity index is 213. The van der Waals surface area contributed by atoms with E-state index in [0.29, 0.717) is 5.92 Å². The monoisotopic (exact) mass is 259 g/mol. The van der Waals surface area contributed by atoms with Crippen LogP contribution < -0.4 is 5.32 Å². The minimum absolute atomic E-state index is 0.0926. The van der Waals surface area contributed by atoms with E-state index in [1.165, 1.54) is 0 Å².